The zero-order chi connectivity index (χ0) is 15.7. The average molecular weight is 305 g/mol. The molecule has 4 nitrogen and oxygen atoms in total. The summed E-state index contributed by atoms with van der Waals surface area (Å²) in [6.45, 7) is 0. The molecule has 0 spiro atoms. The van der Waals surface area contributed by atoms with Crippen LogP contribution in [0.5, 0.6) is 0 Å². The van der Waals surface area contributed by atoms with E-state index in [2.05, 4.69) is 10.1 Å². The quantitative estimate of drug-likeness (QED) is 0.698. The second-order valence-corrected chi connectivity index (χ2v) is 4.74. The highest BCUT2D eigenvalue weighted by molar-refractivity contribution is 5.73. The van der Waals surface area contributed by atoms with Gasteiger partial charge in [0.1, 0.15) is 5.69 Å². The van der Waals surface area contributed by atoms with E-state index in [9.17, 15) is 18.0 Å². The van der Waals surface area contributed by atoms with Crippen LogP contribution in [0.4, 0.5) is 13.2 Å². The lowest BCUT2D eigenvalue weighted by atomic mass is 10.1. The van der Waals surface area contributed by atoms with Crippen LogP contribution in [0.3, 0.4) is 0 Å². The van der Waals surface area contributed by atoms with E-state index in [4.69, 9.17) is 0 Å². The van der Waals surface area contributed by atoms with Crippen LogP contribution < -0.4 is 0 Å². The molecule has 0 radical (unpaired) electrons. The van der Waals surface area contributed by atoms with Crippen molar-refractivity contribution < 1.29 is 18.0 Å². The molecule has 3 aromatic rings. The van der Waals surface area contributed by atoms with Crippen molar-refractivity contribution in [3.63, 3.8) is 0 Å². The van der Waals surface area contributed by atoms with Gasteiger partial charge in [-0.05, 0) is 23.8 Å². The number of halogens is 3. The zero-order valence-electron chi connectivity index (χ0n) is 11.2. The molecular weight excluding hydrogens is 295 g/mol. The van der Waals surface area contributed by atoms with Crippen molar-refractivity contribution in [3.8, 4) is 0 Å². The Balaban J connectivity index is 1.95. The summed E-state index contributed by atoms with van der Waals surface area (Å²) in [6.07, 6.45) is -3.58. The van der Waals surface area contributed by atoms with E-state index in [0.29, 0.717) is 29.0 Å². The summed E-state index contributed by atoms with van der Waals surface area (Å²) in [7, 11) is 0. The maximum Gasteiger partial charge on any atom is 0.416 e. The molecule has 0 N–H and O–H groups in total. The van der Waals surface area contributed by atoms with Crippen molar-refractivity contribution in [3.05, 3.63) is 65.1 Å². The van der Waals surface area contributed by atoms with Crippen molar-refractivity contribution in [2.75, 3.05) is 0 Å². The lowest BCUT2D eigenvalue weighted by molar-refractivity contribution is -0.137. The minimum absolute atomic E-state index is 0.157. The van der Waals surface area contributed by atoms with Crippen LogP contribution in [0.2, 0.25) is 0 Å². The highest BCUT2D eigenvalue weighted by Gasteiger charge is 2.30. The van der Waals surface area contributed by atoms with Crippen LogP contribution >= 0.6 is 0 Å². The Bertz CT molecular complexity index is 839. The first-order chi connectivity index (χ1) is 10.5. The van der Waals surface area contributed by atoms with Gasteiger partial charge in [-0.3, -0.25) is 4.79 Å². The number of hydrogen-bond donors (Lipinski definition) is 0. The summed E-state index contributed by atoms with van der Waals surface area (Å²) in [5.41, 5.74) is 0.563. The van der Waals surface area contributed by atoms with E-state index < -0.39 is 11.7 Å². The number of carbonyl (C=O) groups is 1. The Kier molecular flexibility index (Phi) is 3.40. The summed E-state index contributed by atoms with van der Waals surface area (Å²) in [4.78, 5) is 15.1. The second kappa shape index (κ2) is 5.25. The van der Waals surface area contributed by atoms with Crippen molar-refractivity contribution >= 4 is 11.9 Å². The van der Waals surface area contributed by atoms with Gasteiger partial charge < -0.3 is 0 Å². The van der Waals surface area contributed by atoms with E-state index >= 15 is 0 Å². The fourth-order valence-electron chi connectivity index (χ4n) is 2.17. The molecule has 3 rings (SSSR count). The van der Waals surface area contributed by atoms with Gasteiger partial charge in [0.05, 0.1) is 5.56 Å². The van der Waals surface area contributed by atoms with Gasteiger partial charge in [0.2, 0.25) is 0 Å². The molecule has 112 valence electrons. The topological polar surface area (TPSA) is 47.3 Å². The maximum absolute atomic E-state index is 12.7. The zero-order valence-corrected chi connectivity index (χ0v) is 11.2. The van der Waals surface area contributed by atoms with Crippen LogP contribution in [-0.2, 0) is 12.6 Å². The minimum atomic E-state index is -4.38. The van der Waals surface area contributed by atoms with Gasteiger partial charge in [-0.1, -0.05) is 24.3 Å². The summed E-state index contributed by atoms with van der Waals surface area (Å²) < 4.78 is 39.5. The fourth-order valence-corrected chi connectivity index (χ4v) is 2.17. The Morgan fingerprint density at radius 3 is 2.64 bits per heavy atom. The first-order valence-corrected chi connectivity index (χ1v) is 6.43. The van der Waals surface area contributed by atoms with Gasteiger partial charge in [0.25, 0.3) is 0 Å². The van der Waals surface area contributed by atoms with E-state index in [1.165, 1.54) is 10.6 Å². The highest BCUT2D eigenvalue weighted by atomic mass is 19.4. The van der Waals surface area contributed by atoms with Gasteiger partial charge in [-0.2, -0.15) is 18.3 Å². The van der Waals surface area contributed by atoms with Crippen LogP contribution in [-0.4, -0.2) is 20.9 Å². The third-order valence-electron chi connectivity index (χ3n) is 3.17. The number of benzene rings is 1. The van der Waals surface area contributed by atoms with Crippen LogP contribution in [0.15, 0.2) is 42.5 Å². The van der Waals surface area contributed by atoms with Gasteiger partial charge in [0.15, 0.2) is 17.8 Å². The standard InChI is InChI=1S/C15H10F3N3O/c16-15(17,18)11-4-1-3-10(7-11)8-13-19-14-6-2-5-12(9-22)21(14)20-13/h1-7,9H,8H2. The Hall–Kier alpha value is -2.70. The molecule has 22 heavy (non-hydrogen) atoms. The normalized spacial score (nSPS) is 11.8. The van der Waals surface area contributed by atoms with Crippen molar-refractivity contribution in [2.24, 2.45) is 0 Å². The van der Waals surface area contributed by atoms with Crippen LogP contribution in [0, 0.1) is 0 Å². The Morgan fingerprint density at radius 2 is 1.91 bits per heavy atom. The van der Waals surface area contributed by atoms with Crippen molar-refractivity contribution in [2.45, 2.75) is 12.6 Å². The summed E-state index contributed by atoms with van der Waals surface area (Å²) in [6, 6.07) is 9.96. The number of alkyl halides is 3. The number of fused-ring (bicyclic) bond motifs is 1. The SMILES string of the molecule is O=Cc1cccc2nc(Cc3cccc(C(F)(F)F)c3)nn12. The third-order valence-corrected chi connectivity index (χ3v) is 3.17. The lowest BCUT2D eigenvalue weighted by Gasteiger charge is -2.07. The number of rotatable bonds is 3. The first kappa shape index (κ1) is 14.2. The summed E-state index contributed by atoms with van der Waals surface area (Å²) in [5.74, 6) is 0.355. The number of pyridine rings is 1. The molecule has 0 aliphatic rings. The molecule has 0 atom stereocenters. The smallest absolute Gasteiger partial charge is 0.296 e. The molecule has 0 saturated carbocycles. The number of nitrogens with zero attached hydrogens (tertiary/aromatic N) is 3. The Labute approximate surface area is 123 Å². The van der Waals surface area contributed by atoms with Crippen LogP contribution in [0.1, 0.15) is 27.4 Å². The van der Waals surface area contributed by atoms with E-state index in [-0.39, 0.29) is 6.42 Å². The van der Waals surface area contributed by atoms with Crippen molar-refractivity contribution in [1.29, 1.82) is 0 Å². The van der Waals surface area contributed by atoms with Gasteiger partial charge in [-0.15, -0.1) is 0 Å². The summed E-state index contributed by atoms with van der Waals surface area (Å²) >= 11 is 0. The number of hydrogen-bond acceptors (Lipinski definition) is 3. The molecule has 0 saturated heterocycles. The lowest BCUT2D eigenvalue weighted by Crippen LogP contribution is -2.05. The molecule has 1 aromatic carbocycles. The minimum Gasteiger partial charge on any atom is -0.296 e. The van der Waals surface area contributed by atoms with Crippen molar-refractivity contribution in [1.82, 2.24) is 14.6 Å². The van der Waals surface area contributed by atoms with Crippen LogP contribution in [0.25, 0.3) is 5.65 Å². The highest BCUT2D eigenvalue weighted by Crippen LogP contribution is 2.29. The number of aromatic nitrogens is 3. The molecule has 0 unspecified atom stereocenters. The summed E-state index contributed by atoms with van der Waals surface area (Å²) in [5, 5.41) is 4.16. The number of aldehydes is 1. The molecule has 0 fully saturated rings. The number of carbonyl (C=O) groups excluding carboxylic acids is 1. The molecule has 7 heteroatoms. The predicted molar refractivity (Wildman–Crippen MR) is 72.6 cm³/mol. The maximum atomic E-state index is 12.7. The second-order valence-electron chi connectivity index (χ2n) is 4.74. The molecular formula is C15H10F3N3O. The molecule has 0 bridgehead atoms. The molecule has 0 amide bonds. The van der Waals surface area contributed by atoms with Gasteiger partial charge in [0, 0.05) is 6.42 Å². The van der Waals surface area contributed by atoms with Gasteiger partial charge >= 0.3 is 6.18 Å². The largest absolute Gasteiger partial charge is 0.416 e. The molecule has 0 aliphatic heterocycles. The monoisotopic (exact) mass is 305 g/mol. The molecule has 0 aliphatic carbocycles. The first-order valence-electron chi connectivity index (χ1n) is 6.43. The predicted octanol–water partition coefficient (Wildman–Crippen LogP) is 3.15. The van der Waals surface area contributed by atoms with E-state index in [1.54, 1.807) is 24.3 Å². The molecule has 2 aromatic heterocycles. The van der Waals surface area contributed by atoms with Gasteiger partial charge in [-0.25, -0.2) is 9.50 Å². The Morgan fingerprint density at radius 1 is 1.14 bits per heavy atom. The van der Waals surface area contributed by atoms with E-state index in [0.717, 1.165) is 12.1 Å². The third kappa shape index (κ3) is 2.69. The average Bonchev–Trinajstić information content (AvgIpc) is 2.88. The molecule has 2 heterocycles. The fraction of sp³-hybridized carbons (Fsp3) is 0.133. The van der Waals surface area contributed by atoms with E-state index in [1.807, 2.05) is 0 Å².